The number of ether oxygens (including phenoxy) is 3. The van der Waals surface area contributed by atoms with Gasteiger partial charge in [-0.15, -0.1) is 0 Å². The maximum atomic E-state index is 12.9. The number of carbonyl (C=O) groups excluding carboxylic acids is 3. The Bertz CT molecular complexity index is 1670. The molecule has 1 unspecified atom stereocenters. The predicted octanol–water partition coefficient (Wildman–Crippen LogP) is 23.6. The number of carbonyl (C=O) groups is 3. The van der Waals surface area contributed by atoms with E-state index in [0.717, 1.165) is 103 Å². The average Bonchev–Trinajstić information content (AvgIpc) is 3.47. The van der Waals surface area contributed by atoms with Crippen molar-refractivity contribution in [3.8, 4) is 0 Å². The highest BCUT2D eigenvalue weighted by molar-refractivity contribution is 5.71. The summed E-state index contributed by atoms with van der Waals surface area (Å²) in [5.41, 5.74) is 0. The second-order valence-corrected chi connectivity index (χ2v) is 22.4. The summed E-state index contributed by atoms with van der Waals surface area (Å²) in [5, 5.41) is 0. The normalized spacial score (nSPS) is 12.9. The lowest BCUT2D eigenvalue weighted by molar-refractivity contribution is -0.167. The Hall–Kier alpha value is -4.19. The molecule has 0 aliphatic carbocycles. The minimum absolute atomic E-state index is 0.102. The smallest absolute Gasteiger partial charge is 0.306 e. The molecule has 462 valence electrons. The third-order valence-corrected chi connectivity index (χ3v) is 14.5. The molecule has 0 radical (unpaired) electrons. The number of esters is 3. The highest BCUT2D eigenvalue weighted by Gasteiger charge is 2.19. The molecule has 0 aromatic carbocycles. The minimum Gasteiger partial charge on any atom is -0.462 e. The number of unbranched alkanes of at least 4 members (excludes halogenated alkanes) is 30. The Kier molecular flexibility index (Phi) is 64.8. The van der Waals surface area contributed by atoms with Crippen LogP contribution in [0.4, 0.5) is 0 Å². The van der Waals surface area contributed by atoms with E-state index in [4.69, 9.17) is 14.2 Å². The van der Waals surface area contributed by atoms with Gasteiger partial charge in [0.15, 0.2) is 6.10 Å². The molecule has 0 saturated heterocycles. The van der Waals surface area contributed by atoms with E-state index in [9.17, 15) is 14.4 Å². The molecule has 1 atom stereocenters. The van der Waals surface area contributed by atoms with Crippen molar-refractivity contribution >= 4 is 17.9 Å². The molecule has 0 N–H and O–H groups in total. The molecule has 0 saturated carbocycles. The number of allylic oxidation sites excluding steroid dienone is 20. The summed E-state index contributed by atoms with van der Waals surface area (Å²) >= 11 is 0. The maximum Gasteiger partial charge on any atom is 0.306 e. The van der Waals surface area contributed by atoms with Crippen LogP contribution < -0.4 is 0 Å². The van der Waals surface area contributed by atoms with Gasteiger partial charge in [-0.05, 0) is 109 Å². The lowest BCUT2D eigenvalue weighted by Crippen LogP contribution is -2.30. The summed E-state index contributed by atoms with van der Waals surface area (Å²) in [4.78, 5) is 38.4. The fraction of sp³-hybridized carbons (Fsp3) is 0.693. The molecule has 0 aliphatic rings. The van der Waals surface area contributed by atoms with Gasteiger partial charge in [-0.3, -0.25) is 14.4 Å². The van der Waals surface area contributed by atoms with E-state index in [0.29, 0.717) is 19.3 Å². The van der Waals surface area contributed by atoms with Crippen LogP contribution in [0.15, 0.2) is 122 Å². The molecule has 6 heteroatoms. The molecule has 0 aromatic rings. The molecule has 0 aromatic heterocycles. The number of hydrogen-bond donors (Lipinski definition) is 0. The average molecular weight is 1120 g/mol. The minimum atomic E-state index is -0.814. The van der Waals surface area contributed by atoms with Crippen molar-refractivity contribution in [1.82, 2.24) is 0 Å². The zero-order chi connectivity index (χ0) is 58.5. The fourth-order valence-electron chi connectivity index (χ4n) is 9.38. The van der Waals surface area contributed by atoms with Gasteiger partial charge in [0.2, 0.25) is 0 Å². The Morgan fingerprint density at radius 1 is 0.259 bits per heavy atom. The first-order chi connectivity index (χ1) is 40.0. The van der Waals surface area contributed by atoms with E-state index in [1.54, 1.807) is 0 Å². The summed E-state index contributed by atoms with van der Waals surface area (Å²) < 4.78 is 16.9. The first kappa shape index (κ1) is 76.8. The van der Waals surface area contributed by atoms with Gasteiger partial charge in [0.25, 0.3) is 0 Å². The third kappa shape index (κ3) is 66.5. The van der Waals surface area contributed by atoms with Gasteiger partial charge >= 0.3 is 17.9 Å². The van der Waals surface area contributed by atoms with Crippen molar-refractivity contribution in [3.05, 3.63) is 122 Å². The SMILES string of the molecule is CC/C=C\C/C=C\C/C=C\C/C=C\C/C=C\C/C=C\C/C=C\CCCC(=O)OC(COC(=O)CCCCCCCCCCCC/C=C\C/C=C\C/C=C\CCCCCCC)COC(=O)CCCCCCCCCCCCCCCCC. The first-order valence-electron chi connectivity index (χ1n) is 34.0. The van der Waals surface area contributed by atoms with Crippen LogP contribution in [0.25, 0.3) is 0 Å². The second kappa shape index (κ2) is 68.3. The standard InChI is InChI=1S/C75H126O6/c1-4-7-10-13-16-19-22-25-28-30-32-34-36-37-39-40-42-44-47-50-53-56-59-62-65-68-74(77)80-71-72(70-79-73(76)67-64-61-58-55-52-49-46-27-24-21-18-15-12-9-6-3)81-75(78)69-66-63-60-57-54-51-48-45-43-41-38-35-33-31-29-26-23-20-17-14-11-8-5-2/h8,11,17,20,22,25-26,29-30,32-33,35-37,41,43,48,51,57,60,72H,4-7,9-10,12-16,18-19,21,23-24,27-28,31,34,38-40,42,44-47,49-50,52-56,58-59,61-71H2,1-3H3/b11-8-,20-17-,25-22-,29-26-,32-30-,35-33-,37-36-,43-41-,51-48-,60-57-. The summed E-state index contributed by atoms with van der Waals surface area (Å²) in [5.74, 6) is -0.957. The summed E-state index contributed by atoms with van der Waals surface area (Å²) in [6.45, 7) is 6.49. The number of hydrogen-bond acceptors (Lipinski definition) is 6. The Labute approximate surface area is 501 Å². The fourth-order valence-corrected chi connectivity index (χ4v) is 9.38. The van der Waals surface area contributed by atoms with Crippen molar-refractivity contribution in [2.24, 2.45) is 0 Å². The van der Waals surface area contributed by atoms with Crippen molar-refractivity contribution in [1.29, 1.82) is 0 Å². The van der Waals surface area contributed by atoms with Gasteiger partial charge in [-0.25, -0.2) is 0 Å². The van der Waals surface area contributed by atoms with Gasteiger partial charge in [0, 0.05) is 19.3 Å². The van der Waals surface area contributed by atoms with Gasteiger partial charge in [-0.2, -0.15) is 0 Å². The topological polar surface area (TPSA) is 78.9 Å². The zero-order valence-corrected chi connectivity index (χ0v) is 53.0. The molecule has 0 spiro atoms. The molecule has 0 rings (SSSR count). The van der Waals surface area contributed by atoms with Gasteiger partial charge in [0.05, 0.1) is 0 Å². The Morgan fingerprint density at radius 2 is 0.494 bits per heavy atom. The van der Waals surface area contributed by atoms with Crippen molar-refractivity contribution in [2.45, 2.75) is 322 Å². The van der Waals surface area contributed by atoms with Crippen LogP contribution in [-0.4, -0.2) is 37.2 Å². The molecular weight excluding hydrogens is 997 g/mol. The molecule has 6 nitrogen and oxygen atoms in total. The van der Waals surface area contributed by atoms with E-state index < -0.39 is 6.10 Å². The van der Waals surface area contributed by atoms with Crippen LogP contribution in [-0.2, 0) is 28.6 Å². The van der Waals surface area contributed by atoms with Crippen LogP contribution in [0.5, 0.6) is 0 Å². The van der Waals surface area contributed by atoms with Crippen LogP contribution in [0, 0.1) is 0 Å². The van der Waals surface area contributed by atoms with Crippen molar-refractivity contribution < 1.29 is 28.6 Å². The maximum absolute atomic E-state index is 12.9. The molecule has 0 heterocycles. The van der Waals surface area contributed by atoms with Crippen LogP contribution in [0.1, 0.15) is 316 Å². The molecule has 0 aliphatic heterocycles. The Balaban J connectivity index is 4.45. The van der Waals surface area contributed by atoms with E-state index >= 15 is 0 Å². The second-order valence-electron chi connectivity index (χ2n) is 22.4. The highest BCUT2D eigenvalue weighted by atomic mass is 16.6. The largest absolute Gasteiger partial charge is 0.462 e. The molecule has 81 heavy (non-hydrogen) atoms. The summed E-state index contributed by atoms with van der Waals surface area (Å²) in [6.07, 6.45) is 95.0. The van der Waals surface area contributed by atoms with E-state index in [2.05, 4.69) is 142 Å². The van der Waals surface area contributed by atoms with E-state index in [-0.39, 0.29) is 37.5 Å². The highest BCUT2D eigenvalue weighted by Crippen LogP contribution is 2.16. The molecule has 0 fully saturated rings. The van der Waals surface area contributed by atoms with Crippen LogP contribution >= 0.6 is 0 Å². The van der Waals surface area contributed by atoms with Crippen LogP contribution in [0.3, 0.4) is 0 Å². The third-order valence-electron chi connectivity index (χ3n) is 14.5. The lowest BCUT2D eigenvalue weighted by atomic mass is 10.0. The van der Waals surface area contributed by atoms with Crippen molar-refractivity contribution in [3.63, 3.8) is 0 Å². The lowest BCUT2D eigenvalue weighted by Gasteiger charge is -2.18. The molecule has 0 bridgehead atoms. The molecular formula is C75H126O6. The predicted molar refractivity (Wildman–Crippen MR) is 353 cm³/mol. The van der Waals surface area contributed by atoms with Gasteiger partial charge in [0.1, 0.15) is 13.2 Å². The summed E-state index contributed by atoms with van der Waals surface area (Å²) in [7, 11) is 0. The Morgan fingerprint density at radius 3 is 0.790 bits per heavy atom. The van der Waals surface area contributed by atoms with Gasteiger partial charge in [-0.1, -0.05) is 309 Å². The first-order valence-corrected chi connectivity index (χ1v) is 34.0. The monoisotopic (exact) mass is 1120 g/mol. The van der Waals surface area contributed by atoms with E-state index in [1.807, 2.05) is 0 Å². The molecule has 0 amide bonds. The van der Waals surface area contributed by atoms with Crippen LogP contribution in [0.2, 0.25) is 0 Å². The number of rotatable bonds is 61. The zero-order valence-electron chi connectivity index (χ0n) is 53.0. The van der Waals surface area contributed by atoms with Crippen molar-refractivity contribution in [2.75, 3.05) is 13.2 Å². The van der Waals surface area contributed by atoms with Gasteiger partial charge < -0.3 is 14.2 Å². The quantitative estimate of drug-likeness (QED) is 0.0261. The van der Waals surface area contributed by atoms with E-state index in [1.165, 1.54) is 167 Å². The summed E-state index contributed by atoms with van der Waals surface area (Å²) in [6, 6.07) is 0.